The van der Waals surface area contributed by atoms with Crippen LogP contribution in [0.4, 0.5) is 10.5 Å². The molecule has 1 aromatic rings. The zero-order chi connectivity index (χ0) is 62.2. The van der Waals surface area contributed by atoms with E-state index < -0.39 is 102 Å². The molecule has 464 valence electrons. The number of allylic oxidation sites excluding steroid dienone is 3. The maximum atomic E-state index is 14.4. The van der Waals surface area contributed by atoms with Crippen molar-refractivity contribution in [2.75, 3.05) is 51.4 Å². The fourth-order valence-electron chi connectivity index (χ4n) is 9.97. The quantitative estimate of drug-likeness (QED) is 0.0266. The molecule has 0 spiro atoms. The number of nitrogens with one attached hydrogen (secondary N) is 5. The van der Waals surface area contributed by atoms with Gasteiger partial charge in [0, 0.05) is 65.1 Å². The number of imide groups is 1. The number of epoxide rings is 1. The Bertz CT molecular complexity index is 2690. The Morgan fingerprint density at radius 2 is 1.54 bits per heavy atom. The van der Waals surface area contributed by atoms with Gasteiger partial charge in [-0.2, -0.15) is 0 Å². The Kier molecular flexibility index (Phi) is 25.2. The van der Waals surface area contributed by atoms with Gasteiger partial charge in [-0.25, -0.2) is 9.59 Å². The summed E-state index contributed by atoms with van der Waals surface area (Å²) in [4.78, 5) is 133. The molecule has 0 saturated carbocycles. The second-order valence-corrected chi connectivity index (χ2v) is 23.5. The van der Waals surface area contributed by atoms with Crippen molar-refractivity contribution in [3.8, 4) is 5.75 Å². The number of methoxy groups -OCH3 is 2. The lowest BCUT2D eigenvalue weighted by Crippen LogP contribution is -2.63. The molecule has 4 bridgehead atoms. The molecule has 0 aliphatic carbocycles. The number of rotatable bonds is 25. The molecule has 2 fully saturated rings. The number of hydrogen-bond donors (Lipinski definition) is 6. The van der Waals surface area contributed by atoms with Crippen LogP contribution < -0.4 is 36.2 Å². The van der Waals surface area contributed by atoms with Gasteiger partial charge in [-0.1, -0.05) is 55.2 Å². The van der Waals surface area contributed by atoms with Gasteiger partial charge in [0.25, 0.3) is 11.8 Å². The minimum absolute atomic E-state index is 0.0968. The molecule has 26 heteroatoms. The molecule has 6 N–H and O–H groups in total. The first kappa shape index (κ1) is 68.2. The van der Waals surface area contributed by atoms with Gasteiger partial charge in [-0.05, 0) is 97.1 Å². The fourth-order valence-corrected chi connectivity index (χ4v) is 11.1. The van der Waals surface area contributed by atoms with Gasteiger partial charge >= 0.3 is 12.1 Å². The third kappa shape index (κ3) is 18.5. The molecule has 84 heavy (non-hydrogen) atoms. The van der Waals surface area contributed by atoms with E-state index in [9.17, 15) is 53.1 Å². The summed E-state index contributed by atoms with van der Waals surface area (Å²) in [5.74, 6) is -3.66. The number of ether oxygens (including phenoxy) is 5. The van der Waals surface area contributed by atoms with E-state index in [-0.39, 0.29) is 66.8 Å². The Labute approximate surface area is 500 Å². The smallest absolute Gasteiger partial charge is 0.409 e. The van der Waals surface area contributed by atoms with Crippen molar-refractivity contribution in [1.82, 2.24) is 36.4 Å². The average Bonchev–Trinajstić information content (AvgIpc) is 1.77. The van der Waals surface area contributed by atoms with E-state index >= 15 is 0 Å². The lowest BCUT2D eigenvalue weighted by atomic mass is 9.83. The molecule has 11 atom stereocenters. The number of anilines is 1. The van der Waals surface area contributed by atoms with Crippen LogP contribution in [0, 0.1) is 5.92 Å². The number of unbranched alkanes of at least 4 members (excludes halogenated alkanes) is 4. The van der Waals surface area contributed by atoms with Crippen molar-refractivity contribution in [1.29, 1.82) is 0 Å². The van der Waals surface area contributed by atoms with Crippen LogP contribution in [0.1, 0.15) is 118 Å². The summed E-state index contributed by atoms with van der Waals surface area (Å²) in [6.45, 7) is 11.6. The molecule has 1 aromatic carbocycles. The number of carbonyl (C=O) groups excluding carboxylic acids is 10. The molecule has 0 aromatic heterocycles. The van der Waals surface area contributed by atoms with E-state index in [1.54, 1.807) is 45.2 Å². The molecule has 0 radical (unpaired) electrons. The van der Waals surface area contributed by atoms with Gasteiger partial charge in [-0.15, -0.1) is 11.8 Å². The largest absolute Gasteiger partial charge is 0.495 e. The van der Waals surface area contributed by atoms with E-state index in [0.29, 0.717) is 62.1 Å². The molecule has 9 amide bonds. The Balaban J connectivity index is 1.06. The SMILES string of the molecule is COc1cc2cc(c1Cl)N(C)C(=O)C[C@H](OC(=O)[C@H](C)N(C)C(=O)CCCCCSCNC(=O)[C@H](C)NC(=O)[C@@H](C)NC(=O)[C@H](C)NC(=O)CCCCCN1C(=O)C=CC1=O)[C@]1(C)O[C@H]1[C@H](C)[C@@H]1C[C@@](O)(NC(=O)O1)[C@H](OC)/C=C\C=C(C)C2. The Morgan fingerprint density at radius 3 is 2.19 bits per heavy atom. The van der Waals surface area contributed by atoms with Gasteiger partial charge in [0.2, 0.25) is 35.4 Å². The number of benzene rings is 1. The van der Waals surface area contributed by atoms with E-state index in [4.69, 9.17) is 35.3 Å². The number of thioether (sulfide) groups is 1. The average molecular weight is 1220 g/mol. The summed E-state index contributed by atoms with van der Waals surface area (Å²) >= 11 is 8.27. The molecule has 4 aliphatic rings. The monoisotopic (exact) mass is 1210 g/mol. The molecule has 24 nitrogen and oxygen atoms in total. The zero-order valence-electron chi connectivity index (χ0n) is 49.8. The third-order valence-corrected chi connectivity index (χ3v) is 16.8. The first-order valence-electron chi connectivity index (χ1n) is 28.3. The van der Waals surface area contributed by atoms with E-state index in [2.05, 4.69) is 26.6 Å². The van der Waals surface area contributed by atoms with Gasteiger partial charge < -0.3 is 59.9 Å². The van der Waals surface area contributed by atoms with Crippen molar-refractivity contribution in [3.63, 3.8) is 0 Å². The van der Waals surface area contributed by atoms with Crippen molar-refractivity contribution in [3.05, 3.63) is 58.7 Å². The summed E-state index contributed by atoms with van der Waals surface area (Å²) in [7, 11) is 5.93. The van der Waals surface area contributed by atoms with Crippen LogP contribution in [0.3, 0.4) is 0 Å². The van der Waals surface area contributed by atoms with Gasteiger partial charge in [-0.3, -0.25) is 48.6 Å². The highest BCUT2D eigenvalue weighted by atomic mass is 35.5. The molecular formula is C58H83ClN8O16S. The highest BCUT2D eigenvalue weighted by Gasteiger charge is 2.64. The minimum Gasteiger partial charge on any atom is -0.495 e. The highest BCUT2D eigenvalue weighted by Crippen LogP contribution is 2.49. The van der Waals surface area contributed by atoms with E-state index in [1.165, 1.54) is 82.7 Å². The van der Waals surface area contributed by atoms with Crippen LogP contribution in [0.5, 0.6) is 5.75 Å². The molecule has 2 saturated heterocycles. The van der Waals surface area contributed by atoms with Crippen LogP contribution in [0.2, 0.25) is 5.02 Å². The number of halogens is 1. The van der Waals surface area contributed by atoms with Crippen LogP contribution in [-0.2, 0) is 68.5 Å². The lowest BCUT2D eigenvalue weighted by molar-refractivity contribution is -0.162. The molecule has 4 aliphatic heterocycles. The summed E-state index contributed by atoms with van der Waals surface area (Å²) in [5.41, 5.74) is -1.15. The van der Waals surface area contributed by atoms with Crippen molar-refractivity contribution in [2.24, 2.45) is 5.92 Å². The summed E-state index contributed by atoms with van der Waals surface area (Å²) < 4.78 is 29.5. The van der Waals surface area contributed by atoms with Gasteiger partial charge in [0.1, 0.15) is 58.9 Å². The minimum atomic E-state index is -1.88. The number of nitrogens with zero attached hydrogens (tertiary/aromatic N) is 3. The van der Waals surface area contributed by atoms with Crippen LogP contribution in [0.15, 0.2) is 48.1 Å². The topological polar surface area (TPSA) is 310 Å². The number of amides is 9. The molecule has 0 unspecified atom stereocenters. The van der Waals surface area contributed by atoms with Crippen molar-refractivity contribution in [2.45, 2.75) is 179 Å². The number of aliphatic hydroxyl groups is 1. The third-order valence-electron chi connectivity index (χ3n) is 15.5. The highest BCUT2D eigenvalue weighted by molar-refractivity contribution is 7.99. The lowest BCUT2D eigenvalue weighted by Gasteiger charge is -2.42. The van der Waals surface area contributed by atoms with Crippen LogP contribution >= 0.6 is 23.4 Å². The van der Waals surface area contributed by atoms with E-state index in [1.807, 2.05) is 13.0 Å². The number of esters is 1. The maximum absolute atomic E-state index is 14.4. The second kappa shape index (κ2) is 31.0. The second-order valence-electron chi connectivity index (χ2n) is 22.0. The van der Waals surface area contributed by atoms with Gasteiger partial charge in [0.15, 0.2) is 5.72 Å². The first-order chi connectivity index (χ1) is 39.6. The van der Waals surface area contributed by atoms with Crippen LogP contribution in [0.25, 0.3) is 0 Å². The Hall–Kier alpha value is -6.54. The molecular weight excluding hydrogens is 1130 g/mol. The standard InChI is InChI=1S/C58H83ClN8O16S/c1-33-19-18-20-43(80-11)58(78)31-42(81-56(77)64-58)34(2)51-57(7,83-51)44(30-49(72)66(9)40-28-39(27-33)29-41(79-10)50(40)59)82-55(76)38(6)65(8)46(69)22-15-13-17-26-84-32-60-52(73)35(3)62-54(75)37(5)63-53(74)36(4)61-45(68)21-14-12-16-25-67-47(70)23-24-48(67)71/h18-20,23-24,28-29,34-38,42-44,51,78H,12-17,21-22,25-27,30-32H2,1-11H3,(H,60,73)(H,61,68)(H,62,75)(H,63,74)(H,64,77)/b20-18-,33-19?/t34-,35+,36+,37-,38+,42+,43-,44+,51+,57+,58+/m1/s1. The number of fused-ring (bicyclic) bond motifs is 5. The normalized spacial score (nSPS) is 25.1. The number of carbonyl (C=O) groups is 10. The summed E-state index contributed by atoms with van der Waals surface area (Å²) in [6, 6.07) is -0.416. The number of alkyl carbamates (subject to hydrolysis) is 1. The summed E-state index contributed by atoms with van der Waals surface area (Å²) in [5, 5.41) is 25.0. The van der Waals surface area contributed by atoms with Gasteiger partial charge in [0.05, 0.1) is 31.2 Å². The molecule has 4 heterocycles. The first-order valence-corrected chi connectivity index (χ1v) is 29.8. The number of likely N-dealkylation sites (N-methyl/N-ethyl adjacent to an activating group) is 1. The maximum Gasteiger partial charge on any atom is 0.409 e. The summed E-state index contributed by atoms with van der Waals surface area (Å²) in [6.07, 6.45) is 6.62. The number of hydrogen-bond acceptors (Lipinski definition) is 17. The zero-order valence-corrected chi connectivity index (χ0v) is 51.4. The predicted octanol–water partition coefficient (Wildman–Crippen LogP) is 3.88. The van der Waals surface area contributed by atoms with Crippen molar-refractivity contribution >= 4 is 88.4 Å². The molecule has 5 rings (SSSR count). The predicted molar refractivity (Wildman–Crippen MR) is 312 cm³/mol. The van der Waals surface area contributed by atoms with Crippen LogP contribution in [-0.4, -0.2) is 181 Å². The van der Waals surface area contributed by atoms with E-state index in [0.717, 1.165) is 16.0 Å². The van der Waals surface area contributed by atoms with Crippen molar-refractivity contribution < 1.29 is 76.7 Å². The fraction of sp³-hybridized carbons (Fsp3) is 0.621. The Morgan fingerprint density at radius 1 is 0.905 bits per heavy atom.